The number of ketones is 1. The smallest absolute Gasteiger partial charge is 0.214 e. The maximum absolute atomic E-state index is 12.6. The Hall–Kier alpha value is -3.21. The highest BCUT2D eigenvalue weighted by Crippen LogP contribution is 2.36. The molecule has 0 saturated carbocycles. The van der Waals surface area contributed by atoms with Gasteiger partial charge in [-0.25, -0.2) is 19.9 Å². The van der Waals surface area contributed by atoms with Gasteiger partial charge in [0.25, 0.3) is 0 Å². The second-order valence-corrected chi connectivity index (χ2v) is 6.43. The van der Waals surface area contributed by atoms with E-state index in [1.54, 1.807) is 0 Å². The lowest BCUT2D eigenvalue weighted by Gasteiger charge is -2.09. The lowest BCUT2D eigenvalue weighted by Crippen LogP contribution is -2.02. The van der Waals surface area contributed by atoms with Crippen molar-refractivity contribution in [1.29, 1.82) is 0 Å². The first-order chi connectivity index (χ1) is 12.0. The number of rotatable bonds is 0. The molecule has 120 valence electrons. The number of fused-ring (bicyclic) bond motifs is 5. The minimum absolute atomic E-state index is 0.0658. The van der Waals surface area contributed by atoms with E-state index < -0.39 is 0 Å². The van der Waals surface area contributed by atoms with Gasteiger partial charge >= 0.3 is 0 Å². The predicted molar refractivity (Wildman–Crippen MR) is 95.7 cm³/mol. The molecule has 2 heterocycles. The van der Waals surface area contributed by atoms with Gasteiger partial charge in [0.1, 0.15) is 11.4 Å². The normalized spacial score (nSPS) is 12.7. The third kappa shape index (κ3) is 1.80. The van der Waals surface area contributed by atoms with Crippen molar-refractivity contribution in [2.24, 2.45) is 0 Å². The molecule has 0 fully saturated rings. The Balaban J connectivity index is 1.91. The molecular weight excluding hydrogens is 312 g/mol. The summed E-state index contributed by atoms with van der Waals surface area (Å²) in [7, 11) is 0. The fourth-order valence-electron chi connectivity index (χ4n) is 3.42. The molecule has 5 heteroatoms. The van der Waals surface area contributed by atoms with E-state index in [2.05, 4.69) is 15.0 Å². The number of carbonyl (C=O) groups is 1. The molecular formula is C20H14N4O. The van der Waals surface area contributed by atoms with E-state index in [-0.39, 0.29) is 5.78 Å². The number of hydrogen-bond acceptors (Lipinski definition) is 5. The van der Waals surface area contributed by atoms with Crippen molar-refractivity contribution in [3.8, 4) is 11.3 Å². The average molecular weight is 326 g/mol. The lowest BCUT2D eigenvalue weighted by molar-refractivity contribution is 0.103. The van der Waals surface area contributed by atoms with Crippen molar-refractivity contribution < 1.29 is 4.79 Å². The van der Waals surface area contributed by atoms with E-state index in [4.69, 9.17) is 4.98 Å². The Morgan fingerprint density at radius 3 is 2.16 bits per heavy atom. The zero-order valence-corrected chi connectivity index (χ0v) is 14.1. The Bertz CT molecular complexity index is 1240. The van der Waals surface area contributed by atoms with Gasteiger partial charge in [-0.3, -0.25) is 4.79 Å². The summed E-state index contributed by atoms with van der Waals surface area (Å²) >= 11 is 0. The van der Waals surface area contributed by atoms with Crippen molar-refractivity contribution in [1.82, 2.24) is 19.9 Å². The van der Waals surface area contributed by atoms with E-state index in [0.717, 1.165) is 39.1 Å². The van der Waals surface area contributed by atoms with Crippen LogP contribution in [0.25, 0.3) is 33.3 Å². The van der Waals surface area contributed by atoms with Gasteiger partial charge in [0, 0.05) is 16.7 Å². The maximum Gasteiger partial charge on any atom is 0.214 e. The van der Waals surface area contributed by atoms with Crippen LogP contribution in [0.3, 0.4) is 0 Å². The Morgan fingerprint density at radius 1 is 0.720 bits per heavy atom. The molecule has 0 atom stereocenters. The first-order valence-electron chi connectivity index (χ1n) is 8.15. The monoisotopic (exact) mass is 326 g/mol. The highest BCUT2D eigenvalue weighted by atomic mass is 16.1. The Kier molecular flexibility index (Phi) is 2.64. The second-order valence-electron chi connectivity index (χ2n) is 6.43. The Labute approximate surface area is 143 Å². The summed E-state index contributed by atoms with van der Waals surface area (Å²) in [5.41, 5.74) is 8.41. The van der Waals surface area contributed by atoms with Crippen LogP contribution in [0, 0.1) is 20.8 Å². The van der Waals surface area contributed by atoms with Gasteiger partial charge in [0.15, 0.2) is 0 Å². The Morgan fingerprint density at radius 2 is 1.36 bits per heavy atom. The quantitative estimate of drug-likeness (QED) is 0.406. The van der Waals surface area contributed by atoms with Gasteiger partial charge in [0.05, 0.1) is 33.5 Å². The van der Waals surface area contributed by atoms with Crippen LogP contribution in [0.2, 0.25) is 0 Å². The number of hydrogen-bond donors (Lipinski definition) is 0. The molecule has 0 N–H and O–H groups in total. The molecule has 0 unspecified atom stereocenters. The van der Waals surface area contributed by atoms with Crippen LogP contribution in [-0.4, -0.2) is 25.7 Å². The van der Waals surface area contributed by atoms with Gasteiger partial charge in [-0.2, -0.15) is 0 Å². The summed E-state index contributed by atoms with van der Waals surface area (Å²) in [5, 5.41) is 0. The van der Waals surface area contributed by atoms with E-state index in [1.807, 2.05) is 51.1 Å². The predicted octanol–water partition coefficient (Wildman–Crippen LogP) is 3.71. The molecule has 1 aliphatic carbocycles. The fraction of sp³-hybridized carbons (Fsp3) is 0.150. The van der Waals surface area contributed by atoms with Crippen molar-refractivity contribution in [3.63, 3.8) is 0 Å². The third-order valence-corrected chi connectivity index (χ3v) is 4.88. The zero-order valence-electron chi connectivity index (χ0n) is 14.1. The standard InChI is InChI=1S/C20H14N4O/c1-9-16-14(21-10(2)11(3)22-16)8-15-17(9)24-18-12-6-4-5-7-13(12)20(25)19(18)23-15/h4-8H,1-3H3. The number of benzene rings is 2. The van der Waals surface area contributed by atoms with E-state index in [9.17, 15) is 4.79 Å². The first kappa shape index (κ1) is 14.2. The van der Waals surface area contributed by atoms with Gasteiger partial charge in [-0.05, 0) is 26.8 Å². The molecule has 1 aliphatic rings. The molecule has 2 aromatic heterocycles. The molecule has 0 spiro atoms. The summed E-state index contributed by atoms with van der Waals surface area (Å²) in [5.74, 6) is -0.0658. The summed E-state index contributed by atoms with van der Waals surface area (Å²) in [6.07, 6.45) is 0. The first-order valence-corrected chi connectivity index (χ1v) is 8.15. The zero-order chi connectivity index (χ0) is 17.3. The van der Waals surface area contributed by atoms with Gasteiger partial charge in [-0.15, -0.1) is 0 Å². The molecule has 4 aromatic rings. The van der Waals surface area contributed by atoms with Gasteiger partial charge < -0.3 is 0 Å². The third-order valence-electron chi connectivity index (χ3n) is 4.88. The van der Waals surface area contributed by atoms with Crippen molar-refractivity contribution >= 4 is 27.9 Å². The van der Waals surface area contributed by atoms with E-state index in [0.29, 0.717) is 22.5 Å². The minimum Gasteiger partial charge on any atom is -0.287 e. The molecule has 2 aromatic carbocycles. The molecule has 5 rings (SSSR count). The summed E-state index contributed by atoms with van der Waals surface area (Å²) < 4.78 is 0. The highest BCUT2D eigenvalue weighted by Gasteiger charge is 2.30. The van der Waals surface area contributed by atoms with Crippen LogP contribution in [0.5, 0.6) is 0 Å². The van der Waals surface area contributed by atoms with Gasteiger partial charge in [0.2, 0.25) is 5.78 Å². The van der Waals surface area contributed by atoms with E-state index in [1.165, 1.54) is 0 Å². The molecule has 0 bridgehead atoms. The summed E-state index contributed by atoms with van der Waals surface area (Å²) in [6.45, 7) is 5.88. The van der Waals surface area contributed by atoms with Crippen molar-refractivity contribution in [2.45, 2.75) is 20.8 Å². The van der Waals surface area contributed by atoms with Crippen LogP contribution in [0.4, 0.5) is 0 Å². The van der Waals surface area contributed by atoms with Crippen LogP contribution in [0.1, 0.15) is 33.0 Å². The van der Waals surface area contributed by atoms with Crippen LogP contribution in [0.15, 0.2) is 30.3 Å². The van der Waals surface area contributed by atoms with Gasteiger partial charge in [-0.1, -0.05) is 24.3 Å². The molecule has 0 saturated heterocycles. The molecule has 5 nitrogen and oxygen atoms in total. The largest absolute Gasteiger partial charge is 0.287 e. The maximum atomic E-state index is 12.6. The summed E-state index contributed by atoms with van der Waals surface area (Å²) in [6, 6.07) is 9.40. The number of aromatic nitrogens is 4. The number of nitrogens with zero attached hydrogens (tertiary/aromatic N) is 4. The van der Waals surface area contributed by atoms with Crippen LogP contribution >= 0.6 is 0 Å². The number of aryl methyl sites for hydroxylation is 3. The molecule has 25 heavy (non-hydrogen) atoms. The van der Waals surface area contributed by atoms with E-state index >= 15 is 0 Å². The average Bonchev–Trinajstić information content (AvgIpc) is 2.89. The van der Waals surface area contributed by atoms with Crippen LogP contribution < -0.4 is 0 Å². The second kappa shape index (κ2) is 4.66. The molecule has 0 aliphatic heterocycles. The molecule has 0 radical (unpaired) electrons. The van der Waals surface area contributed by atoms with Crippen LogP contribution in [-0.2, 0) is 0 Å². The fourth-order valence-corrected chi connectivity index (χ4v) is 3.42. The number of carbonyl (C=O) groups excluding carboxylic acids is 1. The SMILES string of the molecule is Cc1nc2cc3nc4c(nc3c(C)c2nc1C)-c1ccccc1C4=O. The topological polar surface area (TPSA) is 68.6 Å². The summed E-state index contributed by atoms with van der Waals surface area (Å²) in [4.78, 5) is 31.4. The van der Waals surface area contributed by atoms with Crippen molar-refractivity contribution in [3.05, 3.63) is 58.5 Å². The highest BCUT2D eigenvalue weighted by molar-refractivity contribution is 6.20. The lowest BCUT2D eigenvalue weighted by atomic mass is 10.1. The molecule has 0 amide bonds. The minimum atomic E-state index is -0.0658. The van der Waals surface area contributed by atoms with Crippen molar-refractivity contribution in [2.75, 3.05) is 0 Å².